The van der Waals surface area contributed by atoms with E-state index < -0.39 is 9.84 Å². The van der Waals surface area contributed by atoms with Crippen molar-refractivity contribution in [1.29, 1.82) is 5.26 Å². The van der Waals surface area contributed by atoms with Crippen molar-refractivity contribution in [3.05, 3.63) is 65.2 Å². The van der Waals surface area contributed by atoms with E-state index in [0.29, 0.717) is 30.3 Å². The molecule has 2 saturated heterocycles. The molecular weight excluding hydrogens is 436 g/mol. The highest BCUT2D eigenvalue weighted by molar-refractivity contribution is 7.90. The molecule has 2 aliphatic rings. The predicted molar refractivity (Wildman–Crippen MR) is 126 cm³/mol. The van der Waals surface area contributed by atoms with E-state index in [9.17, 15) is 13.2 Å². The Balaban J connectivity index is 1.25. The number of piperidine rings is 1. The highest BCUT2D eigenvalue weighted by Crippen LogP contribution is 2.21. The van der Waals surface area contributed by atoms with Crippen molar-refractivity contribution in [2.24, 2.45) is 0 Å². The molecule has 174 valence electrons. The van der Waals surface area contributed by atoms with Gasteiger partial charge in [-0.15, -0.1) is 0 Å². The molecule has 0 aromatic heterocycles. The van der Waals surface area contributed by atoms with Crippen LogP contribution in [0.1, 0.15) is 34.3 Å². The SMILES string of the molecule is CS(=O)(=O)c1ccc(C(=O)N2CCN(C3CCN(Cc4cccc(C#N)c4)CC3)CC2)cc1. The van der Waals surface area contributed by atoms with Crippen LogP contribution in [0, 0.1) is 11.3 Å². The highest BCUT2D eigenvalue weighted by atomic mass is 32.2. The second-order valence-corrected chi connectivity index (χ2v) is 11.0. The van der Waals surface area contributed by atoms with Crippen molar-refractivity contribution in [2.75, 3.05) is 45.5 Å². The summed E-state index contributed by atoms with van der Waals surface area (Å²) >= 11 is 0. The molecule has 4 rings (SSSR count). The zero-order valence-corrected chi connectivity index (χ0v) is 19.8. The summed E-state index contributed by atoms with van der Waals surface area (Å²) in [5.41, 5.74) is 2.43. The molecule has 2 aromatic rings. The molecule has 2 aromatic carbocycles. The third kappa shape index (κ3) is 5.80. The summed E-state index contributed by atoms with van der Waals surface area (Å²) in [6.45, 7) is 6.05. The molecule has 0 bridgehead atoms. The van der Waals surface area contributed by atoms with E-state index in [2.05, 4.69) is 21.9 Å². The van der Waals surface area contributed by atoms with E-state index >= 15 is 0 Å². The van der Waals surface area contributed by atoms with Crippen molar-refractivity contribution >= 4 is 15.7 Å². The summed E-state index contributed by atoms with van der Waals surface area (Å²) in [6.07, 6.45) is 3.39. The Morgan fingerprint density at radius 2 is 1.67 bits per heavy atom. The summed E-state index contributed by atoms with van der Waals surface area (Å²) in [7, 11) is -3.26. The fourth-order valence-electron chi connectivity index (χ4n) is 4.76. The zero-order chi connectivity index (χ0) is 23.4. The molecule has 1 amide bonds. The first-order valence-electron chi connectivity index (χ1n) is 11.4. The first-order chi connectivity index (χ1) is 15.8. The Bertz CT molecular complexity index is 1120. The standard InChI is InChI=1S/C25H30N4O3S/c1-33(31,32)24-7-5-22(6-8-24)25(30)29-15-13-28(14-16-29)23-9-11-27(12-10-23)19-21-4-2-3-20(17-21)18-26/h2-8,17,23H,9-16,19H2,1H3. The lowest BCUT2D eigenvalue weighted by molar-refractivity contribution is 0.0445. The number of likely N-dealkylation sites (tertiary alicyclic amines) is 1. The summed E-state index contributed by atoms with van der Waals surface area (Å²) in [5, 5.41) is 9.09. The van der Waals surface area contributed by atoms with E-state index in [1.165, 1.54) is 24.0 Å². The zero-order valence-electron chi connectivity index (χ0n) is 19.0. The van der Waals surface area contributed by atoms with Gasteiger partial charge in [0.25, 0.3) is 5.91 Å². The third-order valence-electron chi connectivity index (χ3n) is 6.67. The number of carbonyl (C=O) groups excluding carboxylic acids is 1. The average molecular weight is 467 g/mol. The maximum Gasteiger partial charge on any atom is 0.253 e. The van der Waals surface area contributed by atoms with Crippen LogP contribution in [0.5, 0.6) is 0 Å². The average Bonchev–Trinajstić information content (AvgIpc) is 2.84. The largest absolute Gasteiger partial charge is 0.336 e. The first-order valence-corrected chi connectivity index (χ1v) is 13.3. The summed E-state index contributed by atoms with van der Waals surface area (Å²) in [5.74, 6) is -0.0379. The number of hydrogen-bond donors (Lipinski definition) is 0. The molecule has 0 spiro atoms. The van der Waals surface area contributed by atoms with Gasteiger partial charge in [-0.1, -0.05) is 12.1 Å². The van der Waals surface area contributed by atoms with Gasteiger partial charge in [-0.2, -0.15) is 5.26 Å². The molecule has 7 nitrogen and oxygen atoms in total. The van der Waals surface area contributed by atoms with Gasteiger partial charge >= 0.3 is 0 Å². The molecule has 0 unspecified atom stereocenters. The van der Waals surface area contributed by atoms with Crippen molar-refractivity contribution in [3.63, 3.8) is 0 Å². The van der Waals surface area contributed by atoms with Gasteiger partial charge in [0.05, 0.1) is 16.5 Å². The Morgan fingerprint density at radius 1 is 1.00 bits per heavy atom. The monoisotopic (exact) mass is 466 g/mol. The molecular formula is C25H30N4O3S. The molecule has 2 aliphatic heterocycles. The lowest BCUT2D eigenvalue weighted by atomic mass is 10.0. The van der Waals surface area contributed by atoms with Crippen molar-refractivity contribution in [3.8, 4) is 6.07 Å². The number of carbonyl (C=O) groups is 1. The van der Waals surface area contributed by atoms with Crippen LogP contribution in [0.3, 0.4) is 0 Å². The van der Waals surface area contributed by atoms with Crippen LogP contribution < -0.4 is 0 Å². The fraction of sp³-hybridized carbons (Fsp3) is 0.440. The van der Waals surface area contributed by atoms with Crippen LogP contribution in [0.15, 0.2) is 53.4 Å². The van der Waals surface area contributed by atoms with E-state index in [0.717, 1.165) is 45.6 Å². The Labute approximate surface area is 196 Å². The minimum Gasteiger partial charge on any atom is -0.336 e. The summed E-state index contributed by atoms with van der Waals surface area (Å²) < 4.78 is 23.2. The Morgan fingerprint density at radius 3 is 2.27 bits per heavy atom. The topological polar surface area (TPSA) is 84.7 Å². The molecule has 2 fully saturated rings. The number of nitriles is 1. The van der Waals surface area contributed by atoms with Crippen molar-refractivity contribution < 1.29 is 13.2 Å². The number of nitrogens with zero attached hydrogens (tertiary/aromatic N) is 4. The lowest BCUT2D eigenvalue weighted by Gasteiger charge is -2.42. The minimum absolute atomic E-state index is 0.0379. The maximum atomic E-state index is 12.8. The first kappa shape index (κ1) is 23.4. The quantitative estimate of drug-likeness (QED) is 0.673. The van der Waals surface area contributed by atoms with Crippen LogP contribution in [0.2, 0.25) is 0 Å². The van der Waals surface area contributed by atoms with Gasteiger partial charge in [-0.3, -0.25) is 14.6 Å². The number of piperazine rings is 1. The molecule has 2 heterocycles. The van der Waals surface area contributed by atoms with Crippen LogP contribution in [0.4, 0.5) is 0 Å². The van der Waals surface area contributed by atoms with Gasteiger partial charge in [0.1, 0.15) is 0 Å². The Hall–Kier alpha value is -2.73. The molecule has 0 aliphatic carbocycles. The maximum absolute atomic E-state index is 12.8. The van der Waals surface area contributed by atoms with Crippen LogP contribution in [-0.4, -0.2) is 80.6 Å². The molecule has 8 heteroatoms. The summed E-state index contributed by atoms with van der Waals surface area (Å²) in [4.78, 5) is 19.9. The number of sulfone groups is 1. The molecule has 0 radical (unpaired) electrons. The van der Waals surface area contributed by atoms with Crippen molar-refractivity contribution in [2.45, 2.75) is 30.3 Å². The number of benzene rings is 2. The van der Waals surface area contributed by atoms with Gasteiger partial charge in [0, 0.05) is 50.6 Å². The lowest BCUT2D eigenvalue weighted by Crippen LogP contribution is -2.54. The highest BCUT2D eigenvalue weighted by Gasteiger charge is 2.29. The van der Waals surface area contributed by atoms with Gasteiger partial charge < -0.3 is 4.90 Å². The number of amides is 1. The third-order valence-corrected chi connectivity index (χ3v) is 7.80. The minimum atomic E-state index is -3.26. The smallest absolute Gasteiger partial charge is 0.253 e. The normalized spacial score (nSPS) is 18.7. The van der Waals surface area contributed by atoms with E-state index in [-0.39, 0.29) is 10.8 Å². The second-order valence-electron chi connectivity index (χ2n) is 8.94. The second kappa shape index (κ2) is 10.0. The van der Waals surface area contributed by atoms with Gasteiger partial charge in [-0.05, 0) is 67.9 Å². The van der Waals surface area contributed by atoms with Gasteiger partial charge in [-0.25, -0.2) is 8.42 Å². The Kier molecular flexibility index (Phi) is 7.13. The van der Waals surface area contributed by atoms with Gasteiger partial charge in [0.15, 0.2) is 9.84 Å². The van der Waals surface area contributed by atoms with Crippen molar-refractivity contribution in [1.82, 2.24) is 14.7 Å². The van der Waals surface area contributed by atoms with E-state index in [1.807, 2.05) is 23.1 Å². The van der Waals surface area contributed by atoms with Crippen LogP contribution in [-0.2, 0) is 16.4 Å². The van der Waals surface area contributed by atoms with E-state index in [4.69, 9.17) is 5.26 Å². The molecule has 0 saturated carbocycles. The number of hydrogen-bond acceptors (Lipinski definition) is 6. The van der Waals surface area contributed by atoms with Crippen LogP contribution >= 0.6 is 0 Å². The molecule has 0 atom stereocenters. The molecule has 0 N–H and O–H groups in total. The van der Waals surface area contributed by atoms with E-state index in [1.54, 1.807) is 12.1 Å². The van der Waals surface area contributed by atoms with Gasteiger partial charge in [0.2, 0.25) is 0 Å². The molecule has 33 heavy (non-hydrogen) atoms. The number of rotatable bonds is 5. The fourth-order valence-corrected chi connectivity index (χ4v) is 5.39. The summed E-state index contributed by atoms with van der Waals surface area (Å²) in [6, 6.07) is 16.8. The predicted octanol–water partition coefficient (Wildman–Crippen LogP) is 2.38. The van der Waals surface area contributed by atoms with Crippen LogP contribution in [0.25, 0.3) is 0 Å².